The van der Waals surface area contributed by atoms with Gasteiger partial charge in [-0.2, -0.15) is 13.2 Å². The van der Waals surface area contributed by atoms with Gasteiger partial charge >= 0.3 is 12.1 Å². The van der Waals surface area contributed by atoms with Crippen LogP contribution in [0.25, 0.3) is 33.2 Å². The molecule has 0 saturated heterocycles. The van der Waals surface area contributed by atoms with Crippen molar-refractivity contribution >= 4 is 28.4 Å². The fraction of sp³-hybridized carbons (Fsp3) is 0.121. The Hall–Kier alpha value is -4.98. The normalized spacial score (nSPS) is 11.5. The predicted molar refractivity (Wildman–Crippen MR) is 150 cm³/mol. The number of fused-ring (bicyclic) bond motifs is 1. The molecule has 0 spiro atoms. The molecule has 0 unspecified atom stereocenters. The molecule has 5 aromatic rings. The van der Waals surface area contributed by atoms with Crippen molar-refractivity contribution in [1.82, 2.24) is 4.98 Å². The first-order valence-electron chi connectivity index (χ1n) is 12.7. The summed E-state index contributed by atoms with van der Waals surface area (Å²) in [4.78, 5) is 39.7. The predicted octanol–water partition coefficient (Wildman–Crippen LogP) is 8.21. The van der Waals surface area contributed by atoms with Gasteiger partial charge in [0, 0.05) is 27.6 Å². The number of hydrogen-bond donors (Lipinski definition) is 2. The van der Waals surface area contributed by atoms with Crippen LogP contribution in [-0.2, 0) is 12.6 Å². The standard InChI is InChI=1S/C33H24F3NO4/c1-18(38)21-7-4-9-23(16-21)26-12-13-28-30(27(26)15-20-6-3-11-25(14-20)33(34,35)36)29(31(37-28)32(40)41)24-10-5-8-22(17-24)19(2)39/h3-14,16-17,37H,15H2,1-2H3,(H,40,41). The van der Waals surface area contributed by atoms with E-state index in [1.807, 2.05) is 0 Å². The smallest absolute Gasteiger partial charge is 0.416 e. The molecular formula is C33H24F3NO4. The number of nitrogens with one attached hydrogen (secondary N) is 1. The van der Waals surface area contributed by atoms with E-state index in [2.05, 4.69) is 4.98 Å². The summed E-state index contributed by atoms with van der Waals surface area (Å²) in [6, 6.07) is 22.0. The monoisotopic (exact) mass is 555 g/mol. The van der Waals surface area contributed by atoms with Crippen molar-refractivity contribution in [3.8, 4) is 22.3 Å². The van der Waals surface area contributed by atoms with Crippen molar-refractivity contribution in [2.75, 3.05) is 0 Å². The van der Waals surface area contributed by atoms with Gasteiger partial charge in [-0.15, -0.1) is 0 Å². The van der Waals surface area contributed by atoms with Crippen LogP contribution < -0.4 is 0 Å². The van der Waals surface area contributed by atoms with E-state index >= 15 is 0 Å². The van der Waals surface area contributed by atoms with Gasteiger partial charge < -0.3 is 10.1 Å². The second kappa shape index (κ2) is 10.5. The molecule has 0 aliphatic carbocycles. The molecule has 0 aliphatic heterocycles. The first-order valence-corrected chi connectivity index (χ1v) is 12.7. The number of alkyl halides is 3. The molecule has 8 heteroatoms. The van der Waals surface area contributed by atoms with E-state index in [1.54, 1.807) is 66.7 Å². The van der Waals surface area contributed by atoms with Gasteiger partial charge in [0.05, 0.1) is 5.56 Å². The van der Waals surface area contributed by atoms with Crippen LogP contribution in [0.5, 0.6) is 0 Å². The van der Waals surface area contributed by atoms with E-state index in [9.17, 15) is 32.7 Å². The van der Waals surface area contributed by atoms with Crippen LogP contribution in [0.4, 0.5) is 13.2 Å². The summed E-state index contributed by atoms with van der Waals surface area (Å²) < 4.78 is 40.7. The van der Waals surface area contributed by atoms with Crippen molar-refractivity contribution < 1.29 is 32.7 Å². The number of ketones is 2. The van der Waals surface area contributed by atoms with Crippen molar-refractivity contribution in [3.05, 3.63) is 118 Å². The quantitative estimate of drug-likeness (QED) is 0.198. The first-order chi connectivity index (χ1) is 19.4. The minimum atomic E-state index is -4.54. The molecule has 0 amide bonds. The van der Waals surface area contributed by atoms with Gasteiger partial charge in [-0.1, -0.05) is 60.7 Å². The molecule has 206 valence electrons. The highest BCUT2D eigenvalue weighted by molar-refractivity contribution is 6.11. The molecule has 5 nitrogen and oxygen atoms in total. The van der Waals surface area contributed by atoms with Crippen LogP contribution in [0, 0.1) is 0 Å². The number of aromatic nitrogens is 1. The van der Waals surface area contributed by atoms with Gasteiger partial charge in [0.1, 0.15) is 5.69 Å². The molecule has 41 heavy (non-hydrogen) atoms. The molecule has 2 N–H and O–H groups in total. The summed E-state index contributed by atoms with van der Waals surface area (Å²) in [5, 5.41) is 10.6. The number of carbonyl (C=O) groups excluding carboxylic acids is 2. The van der Waals surface area contributed by atoms with Crippen LogP contribution in [0.1, 0.15) is 61.7 Å². The maximum Gasteiger partial charge on any atom is 0.416 e. The maximum atomic E-state index is 13.6. The zero-order valence-electron chi connectivity index (χ0n) is 22.1. The van der Waals surface area contributed by atoms with Gasteiger partial charge in [0.2, 0.25) is 0 Å². The Labute approximate surface area is 233 Å². The number of rotatable bonds is 7. The lowest BCUT2D eigenvalue weighted by Crippen LogP contribution is -2.05. The summed E-state index contributed by atoms with van der Waals surface area (Å²) >= 11 is 0. The van der Waals surface area contributed by atoms with Gasteiger partial charge in [-0.3, -0.25) is 9.59 Å². The number of H-pyrrole nitrogens is 1. The summed E-state index contributed by atoms with van der Waals surface area (Å²) in [7, 11) is 0. The van der Waals surface area contributed by atoms with Crippen LogP contribution in [0.15, 0.2) is 84.9 Å². The Morgan fingerprint density at radius 1 is 0.780 bits per heavy atom. The summed E-state index contributed by atoms with van der Waals surface area (Å²) in [5.41, 5.74) is 3.45. The lowest BCUT2D eigenvalue weighted by molar-refractivity contribution is -0.137. The zero-order valence-corrected chi connectivity index (χ0v) is 22.1. The Bertz CT molecular complexity index is 1850. The van der Waals surface area contributed by atoms with Crippen molar-refractivity contribution in [2.45, 2.75) is 26.4 Å². The number of aromatic carboxylic acids is 1. The lowest BCUT2D eigenvalue weighted by Gasteiger charge is -2.16. The fourth-order valence-corrected chi connectivity index (χ4v) is 5.12. The number of aromatic amines is 1. The van der Waals surface area contributed by atoms with Gasteiger partial charge in [0.15, 0.2) is 11.6 Å². The molecule has 0 atom stereocenters. The minimum Gasteiger partial charge on any atom is -0.477 e. The van der Waals surface area contributed by atoms with Gasteiger partial charge in [-0.25, -0.2) is 4.79 Å². The van der Waals surface area contributed by atoms with E-state index in [1.165, 1.54) is 19.9 Å². The van der Waals surface area contributed by atoms with Crippen molar-refractivity contribution in [1.29, 1.82) is 0 Å². The second-order valence-corrected chi connectivity index (χ2v) is 9.84. The number of hydrogen-bond acceptors (Lipinski definition) is 3. The number of carboxylic acid groups (broad SMARTS) is 1. The lowest BCUT2D eigenvalue weighted by atomic mass is 9.87. The summed E-state index contributed by atoms with van der Waals surface area (Å²) in [6.45, 7) is 2.85. The highest BCUT2D eigenvalue weighted by atomic mass is 19.4. The topological polar surface area (TPSA) is 87.2 Å². The molecule has 0 bridgehead atoms. The Morgan fingerprint density at radius 3 is 2.00 bits per heavy atom. The molecule has 5 rings (SSSR count). The average Bonchev–Trinajstić information content (AvgIpc) is 3.34. The molecule has 4 aromatic carbocycles. The first kappa shape index (κ1) is 27.6. The molecule has 1 heterocycles. The highest BCUT2D eigenvalue weighted by Crippen LogP contribution is 2.41. The van der Waals surface area contributed by atoms with Crippen molar-refractivity contribution in [3.63, 3.8) is 0 Å². The SMILES string of the molecule is CC(=O)c1cccc(-c2ccc3[nH]c(C(=O)O)c(-c4cccc(C(C)=O)c4)c3c2Cc2cccc(C(F)(F)F)c2)c1. The van der Waals surface area contributed by atoms with E-state index in [0.717, 1.165) is 12.1 Å². The third-order valence-corrected chi connectivity index (χ3v) is 7.06. The zero-order chi connectivity index (χ0) is 29.5. The van der Waals surface area contributed by atoms with Crippen molar-refractivity contribution in [2.24, 2.45) is 0 Å². The van der Waals surface area contributed by atoms with E-state index < -0.39 is 17.7 Å². The molecule has 0 aliphatic rings. The fourth-order valence-electron chi connectivity index (χ4n) is 5.12. The molecule has 0 fully saturated rings. The highest BCUT2D eigenvalue weighted by Gasteiger charge is 2.31. The number of benzene rings is 4. The van der Waals surface area contributed by atoms with E-state index in [-0.39, 0.29) is 23.7 Å². The Morgan fingerprint density at radius 2 is 1.39 bits per heavy atom. The minimum absolute atomic E-state index is 0.0389. The number of Topliss-reactive ketones (excluding diaryl/α,β-unsaturated/α-hetero) is 2. The summed E-state index contributed by atoms with van der Waals surface area (Å²) in [6.07, 6.45) is -4.50. The largest absolute Gasteiger partial charge is 0.477 e. The van der Waals surface area contributed by atoms with Gasteiger partial charge in [-0.05, 0) is 72.4 Å². The number of carboxylic acids is 1. The summed E-state index contributed by atoms with van der Waals surface area (Å²) in [5.74, 6) is -1.58. The Balaban J connectivity index is 1.86. The molecule has 1 aromatic heterocycles. The Kier molecular flexibility index (Phi) is 7.09. The maximum absolute atomic E-state index is 13.6. The van der Waals surface area contributed by atoms with Crippen LogP contribution in [-0.4, -0.2) is 27.6 Å². The number of carbonyl (C=O) groups is 3. The average molecular weight is 556 g/mol. The molecule has 0 saturated carbocycles. The number of halogens is 3. The van der Waals surface area contributed by atoms with Gasteiger partial charge in [0.25, 0.3) is 0 Å². The van der Waals surface area contributed by atoms with Crippen LogP contribution in [0.3, 0.4) is 0 Å². The van der Waals surface area contributed by atoms with E-state index in [0.29, 0.717) is 55.4 Å². The van der Waals surface area contributed by atoms with E-state index in [4.69, 9.17) is 0 Å². The molecular weight excluding hydrogens is 531 g/mol. The third-order valence-electron chi connectivity index (χ3n) is 7.06. The van der Waals surface area contributed by atoms with Crippen LogP contribution in [0.2, 0.25) is 0 Å². The second-order valence-electron chi connectivity index (χ2n) is 9.84. The third kappa shape index (κ3) is 5.41. The molecule has 0 radical (unpaired) electrons. The van der Waals surface area contributed by atoms with Crippen LogP contribution >= 0.6 is 0 Å².